The van der Waals surface area contributed by atoms with E-state index >= 15 is 0 Å². The summed E-state index contributed by atoms with van der Waals surface area (Å²) in [4.78, 5) is 15.1. The molecule has 0 unspecified atom stereocenters. The quantitative estimate of drug-likeness (QED) is 0.631. The molecule has 6 nitrogen and oxygen atoms in total. The van der Waals surface area contributed by atoms with Gasteiger partial charge in [0.05, 0.1) is 17.9 Å². The predicted molar refractivity (Wildman–Crippen MR) is 92.8 cm³/mol. The number of rotatable bonds is 3. The first-order valence-corrected chi connectivity index (χ1v) is 7.76. The molecule has 0 atom stereocenters. The van der Waals surface area contributed by atoms with Crippen LogP contribution in [-0.2, 0) is 13.6 Å². The molecule has 6 heteroatoms. The smallest absolute Gasteiger partial charge is 0.250 e. The number of nitrogens with zero attached hydrogens (tertiary/aromatic N) is 4. The van der Waals surface area contributed by atoms with Gasteiger partial charge in [-0.05, 0) is 18.6 Å². The van der Waals surface area contributed by atoms with Crippen molar-refractivity contribution in [1.82, 2.24) is 24.5 Å². The van der Waals surface area contributed by atoms with Crippen LogP contribution >= 0.6 is 0 Å². The van der Waals surface area contributed by atoms with Crippen LogP contribution in [0.15, 0.2) is 53.5 Å². The number of aromatic nitrogens is 5. The van der Waals surface area contributed by atoms with Gasteiger partial charge in [0.25, 0.3) is 0 Å². The molecule has 0 aliphatic heterocycles. The van der Waals surface area contributed by atoms with E-state index in [4.69, 9.17) is 0 Å². The van der Waals surface area contributed by atoms with E-state index in [1.807, 2.05) is 61.2 Å². The van der Waals surface area contributed by atoms with Gasteiger partial charge in [0.15, 0.2) is 0 Å². The second-order valence-electron chi connectivity index (χ2n) is 5.87. The molecule has 0 spiro atoms. The monoisotopic (exact) mass is 319 g/mol. The Morgan fingerprint density at radius 2 is 1.92 bits per heavy atom. The Labute approximate surface area is 138 Å². The number of nitrogens with one attached hydrogen (secondary N) is 1. The van der Waals surface area contributed by atoms with Gasteiger partial charge in [-0.3, -0.25) is 9.48 Å². The van der Waals surface area contributed by atoms with E-state index in [1.54, 1.807) is 10.7 Å². The summed E-state index contributed by atoms with van der Waals surface area (Å²) in [6, 6.07) is 13.6. The van der Waals surface area contributed by atoms with Crippen LogP contribution in [0, 0.1) is 6.92 Å². The summed E-state index contributed by atoms with van der Waals surface area (Å²) in [7, 11) is 1.86. The molecular formula is C18H17N5O. The molecule has 0 fully saturated rings. The van der Waals surface area contributed by atoms with Crippen LogP contribution in [-0.4, -0.2) is 24.5 Å². The number of fused-ring (bicyclic) bond motifs is 1. The van der Waals surface area contributed by atoms with Gasteiger partial charge in [-0.15, -0.1) is 0 Å². The van der Waals surface area contributed by atoms with Gasteiger partial charge in [0, 0.05) is 30.3 Å². The lowest BCUT2D eigenvalue weighted by molar-refractivity contribution is 0.695. The van der Waals surface area contributed by atoms with E-state index in [1.165, 1.54) is 0 Å². The third-order valence-electron chi connectivity index (χ3n) is 4.08. The van der Waals surface area contributed by atoms with E-state index < -0.39 is 0 Å². The number of aromatic amines is 1. The minimum absolute atomic E-state index is 0.155. The minimum Gasteiger partial charge on any atom is -0.307 e. The highest BCUT2D eigenvalue weighted by Crippen LogP contribution is 2.27. The maximum atomic E-state index is 12.2. The molecule has 3 heterocycles. The normalized spacial score (nSPS) is 11.2. The summed E-state index contributed by atoms with van der Waals surface area (Å²) in [6.07, 6.45) is 1.87. The second kappa shape index (κ2) is 5.49. The van der Waals surface area contributed by atoms with Crippen LogP contribution in [0.3, 0.4) is 0 Å². The van der Waals surface area contributed by atoms with Gasteiger partial charge in [-0.2, -0.15) is 10.2 Å². The molecule has 0 saturated carbocycles. The molecule has 1 N–H and O–H groups in total. The zero-order valence-corrected chi connectivity index (χ0v) is 13.5. The van der Waals surface area contributed by atoms with Gasteiger partial charge in [-0.25, -0.2) is 4.68 Å². The van der Waals surface area contributed by atoms with Gasteiger partial charge in [0.2, 0.25) is 5.56 Å². The van der Waals surface area contributed by atoms with Crippen molar-refractivity contribution in [3.8, 4) is 11.3 Å². The Morgan fingerprint density at radius 1 is 1.12 bits per heavy atom. The lowest BCUT2D eigenvalue weighted by atomic mass is 10.1. The van der Waals surface area contributed by atoms with E-state index in [0.29, 0.717) is 6.54 Å². The van der Waals surface area contributed by atoms with E-state index in [0.717, 1.165) is 33.5 Å². The summed E-state index contributed by atoms with van der Waals surface area (Å²) in [5.74, 6) is 0. The van der Waals surface area contributed by atoms with Crippen molar-refractivity contribution in [1.29, 1.82) is 0 Å². The van der Waals surface area contributed by atoms with Gasteiger partial charge in [0.1, 0.15) is 5.65 Å². The highest BCUT2D eigenvalue weighted by atomic mass is 16.1. The average molecular weight is 319 g/mol. The number of pyridine rings is 1. The zero-order valence-electron chi connectivity index (χ0n) is 13.5. The topological polar surface area (TPSA) is 68.5 Å². The summed E-state index contributed by atoms with van der Waals surface area (Å²) in [6.45, 7) is 2.56. The van der Waals surface area contributed by atoms with Crippen molar-refractivity contribution in [3.63, 3.8) is 0 Å². The van der Waals surface area contributed by atoms with Gasteiger partial charge < -0.3 is 4.98 Å². The molecule has 0 saturated heterocycles. The number of H-pyrrole nitrogens is 1. The first kappa shape index (κ1) is 14.4. The maximum Gasteiger partial charge on any atom is 0.250 e. The molecule has 24 heavy (non-hydrogen) atoms. The molecule has 4 aromatic rings. The minimum atomic E-state index is -0.155. The van der Waals surface area contributed by atoms with E-state index in [2.05, 4.69) is 15.2 Å². The summed E-state index contributed by atoms with van der Waals surface area (Å²) in [5, 5.41) is 10.00. The largest absolute Gasteiger partial charge is 0.307 e. The standard InChI is InChI=1S/C18H17N5O/c1-12-17-14(15-8-9-22(2)21-15)10-16(24)19-18(17)23(20-12)11-13-6-4-3-5-7-13/h3-10H,11H2,1-2H3,(H,19,24). The number of hydrogen-bond donors (Lipinski definition) is 1. The van der Waals surface area contributed by atoms with Crippen LogP contribution in [0.1, 0.15) is 11.3 Å². The summed E-state index contributed by atoms with van der Waals surface area (Å²) in [5.41, 5.74) is 4.16. The molecule has 4 rings (SSSR count). The van der Waals surface area contributed by atoms with Gasteiger partial charge >= 0.3 is 0 Å². The zero-order chi connectivity index (χ0) is 16.7. The molecular weight excluding hydrogens is 302 g/mol. The maximum absolute atomic E-state index is 12.2. The highest BCUT2D eigenvalue weighted by Gasteiger charge is 2.16. The summed E-state index contributed by atoms with van der Waals surface area (Å²) < 4.78 is 3.57. The van der Waals surface area contributed by atoms with Crippen molar-refractivity contribution >= 4 is 11.0 Å². The molecule has 120 valence electrons. The number of aryl methyl sites for hydroxylation is 2. The molecule has 0 bridgehead atoms. The van der Waals surface area contributed by atoms with E-state index in [9.17, 15) is 4.79 Å². The van der Waals surface area contributed by atoms with Crippen LogP contribution in [0.25, 0.3) is 22.3 Å². The van der Waals surface area contributed by atoms with Crippen LogP contribution in [0.4, 0.5) is 0 Å². The Hall–Kier alpha value is -3.15. The lowest BCUT2D eigenvalue weighted by Crippen LogP contribution is -2.09. The van der Waals surface area contributed by atoms with Crippen LogP contribution in [0.2, 0.25) is 0 Å². The third-order valence-corrected chi connectivity index (χ3v) is 4.08. The van der Waals surface area contributed by atoms with Crippen molar-refractivity contribution in [2.24, 2.45) is 7.05 Å². The Bertz CT molecular complexity index is 1070. The summed E-state index contributed by atoms with van der Waals surface area (Å²) >= 11 is 0. The SMILES string of the molecule is Cc1nn(Cc2ccccc2)c2[nH]c(=O)cc(-c3ccn(C)n3)c12. The fourth-order valence-electron chi connectivity index (χ4n) is 3.02. The third kappa shape index (κ3) is 2.42. The fourth-order valence-corrected chi connectivity index (χ4v) is 3.02. The lowest BCUT2D eigenvalue weighted by Gasteiger charge is -2.04. The Kier molecular flexibility index (Phi) is 3.30. The molecule has 1 aromatic carbocycles. The molecule has 3 aromatic heterocycles. The van der Waals surface area contributed by atoms with E-state index in [-0.39, 0.29) is 5.56 Å². The van der Waals surface area contributed by atoms with Crippen molar-refractivity contribution in [3.05, 3.63) is 70.3 Å². The van der Waals surface area contributed by atoms with Gasteiger partial charge in [-0.1, -0.05) is 30.3 Å². The first-order chi connectivity index (χ1) is 11.6. The molecule has 0 aliphatic carbocycles. The first-order valence-electron chi connectivity index (χ1n) is 7.76. The second-order valence-corrected chi connectivity index (χ2v) is 5.87. The Morgan fingerprint density at radius 3 is 2.62 bits per heavy atom. The fraction of sp³-hybridized carbons (Fsp3) is 0.167. The predicted octanol–water partition coefficient (Wildman–Crippen LogP) is 2.48. The Balaban J connectivity index is 1.92. The van der Waals surface area contributed by atoms with Crippen LogP contribution < -0.4 is 5.56 Å². The molecule has 0 aliphatic rings. The van der Waals surface area contributed by atoms with Crippen molar-refractivity contribution in [2.75, 3.05) is 0 Å². The van der Waals surface area contributed by atoms with Crippen molar-refractivity contribution in [2.45, 2.75) is 13.5 Å². The van der Waals surface area contributed by atoms with Crippen LogP contribution in [0.5, 0.6) is 0 Å². The molecule has 0 radical (unpaired) electrons. The molecule has 0 amide bonds. The average Bonchev–Trinajstić information content (AvgIpc) is 3.12. The highest BCUT2D eigenvalue weighted by molar-refractivity contribution is 5.93. The number of benzene rings is 1. The van der Waals surface area contributed by atoms with Crippen molar-refractivity contribution < 1.29 is 0 Å². The number of hydrogen-bond acceptors (Lipinski definition) is 3.